The third-order valence-electron chi connectivity index (χ3n) is 6.82. The molecule has 0 radical (unpaired) electrons. The van der Waals surface area contributed by atoms with E-state index in [0.717, 1.165) is 44.6 Å². The highest BCUT2D eigenvalue weighted by Gasteiger charge is 2.38. The lowest BCUT2D eigenvalue weighted by Gasteiger charge is -2.42. The van der Waals surface area contributed by atoms with Crippen molar-refractivity contribution >= 4 is 11.8 Å². The number of likely N-dealkylation sites (N-methyl/N-ethyl adjacent to an activating group) is 1. The summed E-state index contributed by atoms with van der Waals surface area (Å²) in [4.78, 5) is 32.6. The first-order chi connectivity index (χ1) is 13.6. The first kappa shape index (κ1) is 19.4. The van der Waals surface area contributed by atoms with Gasteiger partial charge in [-0.15, -0.1) is 0 Å². The van der Waals surface area contributed by atoms with Crippen LogP contribution in [0.5, 0.6) is 0 Å². The number of likely N-dealkylation sites (tertiary alicyclic amines) is 1. The highest BCUT2D eigenvalue weighted by atomic mass is 16.2. The van der Waals surface area contributed by atoms with Gasteiger partial charge in [0, 0.05) is 38.3 Å². The van der Waals surface area contributed by atoms with E-state index < -0.39 is 0 Å². The van der Waals surface area contributed by atoms with Gasteiger partial charge in [0.05, 0.1) is 5.92 Å². The summed E-state index contributed by atoms with van der Waals surface area (Å²) in [5, 5.41) is 0. The Morgan fingerprint density at radius 2 is 1.79 bits per heavy atom. The highest BCUT2D eigenvalue weighted by Crippen LogP contribution is 2.33. The minimum Gasteiger partial charge on any atom is -0.341 e. The third-order valence-corrected chi connectivity index (χ3v) is 6.82. The van der Waals surface area contributed by atoms with Crippen molar-refractivity contribution in [3.05, 3.63) is 35.4 Å². The molecular formula is C23H33N3O2. The van der Waals surface area contributed by atoms with Gasteiger partial charge in [-0.05, 0) is 56.8 Å². The Balaban J connectivity index is 1.51. The van der Waals surface area contributed by atoms with Crippen molar-refractivity contribution < 1.29 is 9.59 Å². The van der Waals surface area contributed by atoms with Crippen molar-refractivity contribution in [2.75, 3.05) is 39.8 Å². The smallest absolute Gasteiger partial charge is 0.253 e. The number of hydrogen-bond acceptors (Lipinski definition) is 3. The molecule has 152 valence electrons. The number of carbonyl (C=O) groups is 2. The molecular weight excluding hydrogens is 350 g/mol. The molecule has 5 nitrogen and oxygen atoms in total. The number of rotatable bonds is 5. The zero-order chi connectivity index (χ0) is 19.5. The Hall–Kier alpha value is -1.88. The van der Waals surface area contributed by atoms with E-state index in [4.69, 9.17) is 0 Å². The Morgan fingerprint density at radius 1 is 1.07 bits per heavy atom. The second-order valence-corrected chi connectivity index (χ2v) is 8.70. The van der Waals surface area contributed by atoms with Crippen LogP contribution in [0.4, 0.5) is 0 Å². The minimum atomic E-state index is -0.233. The molecule has 1 aliphatic carbocycles. The second-order valence-electron chi connectivity index (χ2n) is 8.70. The van der Waals surface area contributed by atoms with E-state index in [-0.39, 0.29) is 17.7 Å². The molecule has 1 aromatic carbocycles. The average molecular weight is 384 g/mol. The summed E-state index contributed by atoms with van der Waals surface area (Å²) in [6, 6.07) is 8.05. The maximum atomic E-state index is 13.7. The third kappa shape index (κ3) is 3.95. The van der Waals surface area contributed by atoms with Crippen LogP contribution in [0.15, 0.2) is 24.3 Å². The fraction of sp³-hybridized carbons (Fsp3) is 0.652. The summed E-state index contributed by atoms with van der Waals surface area (Å²) < 4.78 is 0. The molecule has 3 aliphatic rings. The lowest BCUT2D eigenvalue weighted by Crippen LogP contribution is -2.52. The van der Waals surface area contributed by atoms with Crippen LogP contribution in [0.2, 0.25) is 0 Å². The van der Waals surface area contributed by atoms with Gasteiger partial charge in [0.25, 0.3) is 5.91 Å². The summed E-state index contributed by atoms with van der Waals surface area (Å²) in [5.41, 5.74) is 1.60. The number of carbonyl (C=O) groups excluding carboxylic acids is 2. The summed E-state index contributed by atoms with van der Waals surface area (Å²) >= 11 is 0. The molecule has 2 aliphatic heterocycles. The number of hydrogen-bond donors (Lipinski definition) is 0. The molecule has 2 amide bonds. The number of fused-ring (bicyclic) bond motifs is 1. The van der Waals surface area contributed by atoms with Crippen molar-refractivity contribution in [1.82, 2.24) is 14.7 Å². The molecule has 0 N–H and O–H groups in total. The first-order valence-electron chi connectivity index (χ1n) is 11.0. The zero-order valence-corrected chi connectivity index (χ0v) is 17.1. The van der Waals surface area contributed by atoms with E-state index in [1.54, 1.807) is 4.90 Å². The molecule has 1 saturated heterocycles. The summed E-state index contributed by atoms with van der Waals surface area (Å²) in [6.07, 6.45) is 8.68. The molecule has 0 aromatic heterocycles. The molecule has 1 unspecified atom stereocenters. The molecule has 1 saturated carbocycles. The van der Waals surface area contributed by atoms with Crippen molar-refractivity contribution in [2.45, 2.75) is 56.9 Å². The van der Waals surface area contributed by atoms with Gasteiger partial charge in [-0.3, -0.25) is 9.59 Å². The summed E-state index contributed by atoms with van der Waals surface area (Å²) in [7, 11) is 1.81. The Labute approximate surface area is 168 Å². The summed E-state index contributed by atoms with van der Waals surface area (Å²) in [5.74, 6) is 0.00867. The molecule has 0 spiro atoms. The molecule has 5 heteroatoms. The fourth-order valence-corrected chi connectivity index (χ4v) is 4.85. The van der Waals surface area contributed by atoms with E-state index in [2.05, 4.69) is 9.80 Å². The Morgan fingerprint density at radius 3 is 2.46 bits per heavy atom. The van der Waals surface area contributed by atoms with Crippen molar-refractivity contribution in [3.63, 3.8) is 0 Å². The van der Waals surface area contributed by atoms with Crippen molar-refractivity contribution in [1.29, 1.82) is 0 Å². The average Bonchev–Trinajstić information content (AvgIpc) is 2.95. The van der Waals surface area contributed by atoms with Gasteiger partial charge in [0.2, 0.25) is 5.91 Å². The van der Waals surface area contributed by atoms with Crippen LogP contribution in [0.1, 0.15) is 66.8 Å². The van der Waals surface area contributed by atoms with Gasteiger partial charge >= 0.3 is 0 Å². The molecule has 0 bridgehead atoms. The van der Waals surface area contributed by atoms with Crippen molar-refractivity contribution in [3.8, 4) is 0 Å². The highest BCUT2D eigenvalue weighted by molar-refractivity contribution is 6.00. The second kappa shape index (κ2) is 8.64. The van der Waals surface area contributed by atoms with Gasteiger partial charge in [0.1, 0.15) is 0 Å². The van der Waals surface area contributed by atoms with Crippen LogP contribution in [-0.2, 0) is 4.79 Å². The minimum absolute atomic E-state index is 0.0272. The normalized spacial score (nSPS) is 23.7. The van der Waals surface area contributed by atoms with Crippen LogP contribution in [0.25, 0.3) is 0 Å². The maximum absolute atomic E-state index is 13.7. The van der Waals surface area contributed by atoms with Gasteiger partial charge in [-0.2, -0.15) is 0 Å². The van der Waals surface area contributed by atoms with Gasteiger partial charge in [-0.1, -0.05) is 31.0 Å². The predicted molar refractivity (Wildman–Crippen MR) is 110 cm³/mol. The maximum Gasteiger partial charge on any atom is 0.253 e. The molecule has 2 fully saturated rings. The Bertz CT molecular complexity index is 708. The lowest BCUT2D eigenvalue weighted by atomic mass is 9.85. The van der Waals surface area contributed by atoms with Crippen LogP contribution in [0, 0.1) is 0 Å². The quantitative estimate of drug-likeness (QED) is 0.785. The van der Waals surface area contributed by atoms with E-state index in [0.29, 0.717) is 18.2 Å². The SMILES string of the molecule is CN1CC(C(=O)N(CCN2CCCCCC2)C2CCC2)c2ccccc2C1=O. The zero-order valence-electron chi connectivity index (χ0n) is 17.1. The monoisotopic (exact) mass is 383 g/mol. The largest absolute Gasteiger partial charge is 0.341 e. The lowest BCUT2D eigenvalue weighted by molar-refractivity contribution is -0.137. The predicted octanol–water partition coefficient (Wildman–Crippen LogP) is 3.11. The summed E-state index contributed by atoms with van der Waals surface area (Å²) in [6.45, 7) is 4.61. The molecule has 1 aromatic rings. The van der Waals surface area contributed by atoms with E-state index in [9.17, 15) is 9.59 Å². The number of nitrogens with zero attached hydrogens (tertiary/aromatic N) is 3. The number of amides is 2. The van der Waals surface area contributed by atoms with Gasteiger partial charge in [-0.25, -0.2) is 0 Å². The van der Waals surface area contributed by atoms with Crippen LogP contribution in [-0.4, -0.2) is 72.3 Å². The van der Waals surface area contributed by atoms with Gasteiger partial charge < -0.3 is 14.7 Å². The van der Waals surface area contributed by atoms with E-state index >= 15 is 0 Å². The number of benzene rings is 1. The molecule has 28 heavy (non-hydrogen) atoms. The van der Waals surface area contributed by atoms with E-state index in [1.165, 1.54) is 32.1 Å². The van der Waals surface area contributed by atoms with Crippen molar-refractivity contribution in [2.24, 2.45) is 0 Å². The topological polar surface area (TPSA) is 43.9 Å². The molecule has 1 atom stereocenters. The standard InChI is InChI=1S/C23H33N3O2/c1-24-17-21(19-11-4-5-12-20(19)22(24)27)23(28)26(18-9-8-10-18)16-15-25-13-6-2-3-7-14-25/h4-5,11-12,18,21H,2-3,6-10,13-17H2,1H3. The first-order valence-corrected chi connectivity index (χ1v) is 11.0. The van der Waals surface area contributed by atoms with Crippen LogP contribution in [0.3, 0.4) is 0 Å². The molecule has 2 heterocycles. The molecule has 4 rings (SSSR count). The fourth-order valence-electron chi connectivity index (χ4n) is 4.85. The van der Waals surface area contributed by atoms with E-state index in [1.807, 2.05) is 31.3 Å². The Kier molecular flexibility index (Phi) is 6.00. The van der Waals surface area contributed by atoms with Crippen LogP contribution >= 0.6 is 0 Å². The van der Waals surface area contributed by atoms with Gasteiger partial charge in [0.15, 0.2) is 0 Å². The van der Waals surface area contributed by atoms with Crippen LogP contribution < -0.4 is 0 Å².